The Morgan fingerprint density at radius 1 is 1.32 bits per heavy atom. The molecule has 4 nitrogen and oxygen atoms in total. The lowest BCUT2D eigenvalue weighted by Crippen LogP contribution is -2.38. The van der Waals surface area contributed by atoms with Crippen LogP contribution in [0.15, 0.2) is 6.33 Å². The van der Waals surface area contributed by atoms with Crippen molar-refractivity contribution in [3.63, 3.8) is 0 Å². The minimum Gasteiger partial charge on any atom is -0.319 e. The second-order valence-corrected chi connectivity index (χ2v) is 5.28. The Morgan fingerprint density at radius 2 is 1.95 bits per heavy atom. The highest BCUT2D eigenvalue weighted by atomic mass is 19.4. The van der Waals surface area contributed by atoms with Gasteiger partial charge in [0.1, 0.15) is 12.2 Å². The van der Waals surface area contributed by atoms with Crippen LogP contribution < -0.4 is 5.32 Å². The molecule has 0 bridgehead atoms. The van der Waals surface area contributed by atoms with Gasteiger partial charge in [-0.1, -0.05) is 0 Å². The van der Waals surface area contributed by atoms with Gasteiger partial charge in [-0.05, 0) is 32.6 Å². The molecule has 108 valence electrons. The maximum atomic E-state index is 12.6. The van der Waals surface area contributed by atoms with Crippen LogP contribution in [0.2, 0.25) is 0 Å². The Labute approximate surface area is 110 Å². The van der Waals surface area contributed by atoms with Crippen LogP contribution in [0.3, 0.4) is 0 Å². The normalized spacial score (nSPS) is 26.4. The summed E-state index contributed by atoms with van der Waals surface area (Å²) in [7, 11) is 1.86. The molecule has 0 aromatic carbocycles. The summed E-state index contributed by atoms with van der Waals surface area (Å²) in [5, 5.41) is 11.2. The third-order valence-corrected chi connectivity index (χ3v) is 3.81. The first-order valence-electron chi connectivity index (χ1n) is 6.54. The Hall–Kier alpha value is -1.11. The summed E-state index contributed by atoms with van der Waals surface area (Å²) in [5.41, 5.74) is 0. The van der Waals surface area contributed by atoms with E-state index in [-0.39, 0.29) is 24.9 Å². The average Bonchev–Trinajstić information content (AvgIpc) is 2.75. The van der Waals surface area contributed by atoms with Gasteiger partial charge in [0.15, 0.2) is 0 Å². The van der Waals surface area contributed by atoms with Gasteiger partial charge in [-0.2, -0.15) is 13.2 Å². The number of nitrogens with one attached hydrogen (secondary N) is 1. The molecular formula is C12H19F3N4. The van der Waals surface area contributed by atoms with E-state index in [0.29, 0.717) is 12.8 Å². The molecule has 1 aliphatic carbocycles. The van der Waals surface area contributed by atoms with Gasteiger partial charge in [0.05, 0.1) is 12.0 Å². The van der Waals surface area contributed by atoms with Crippen LogP contribution in [-0.4, -0.2) is 27.0 Å². The first-order valence-corrected chi connectivity index (χ1v) is 6.54. The zero-order valence-electron chi connectivity index (χ0n) is 11.1. The number of alkyl halides is 3. The van der Waals surface area contributed by atoms with E-state index in [9.17, 15) is 13.2 Å². The van der Waals surface area contributed by atoms with E-state index in [1.807, 2.05) is 18.5 Å². The second kappa shape index (κ2) is 5.48. The molecule has 1 saturated carbocycles. The molecule has 1 N–H and O–H groups in total. The van der Waals surface area contributed by atoms with E-state index in [0.717, 1.165) is 5.82 Å². The summed E-state index contributed by atoms with van der Waals surface area (Å²) in [4.78, 5) is 0. The van der Waals surface area contributed by atoms with Crippen molar-refractivity contribution in [3.05, 3.63) is 12.2 Å². The van der Waals surface area contributed by atoms with Crippen molar-refractivity contribution in [1.82, 2.24) is 20.1 Å². The van der Waals surface area contributed by atoms with Crippen molar-refractivity contribution in [2.75, 3.05) is 0 Å². The molecule has 0 radical (unpaired) electrons. The van der Waals surface area contributed by atoms with Gasteiger partial charge in [-0.3, -0.25) is 0 Å². The molecule has 1 aromatic rings. The number of nitrogens with zero attached hydrogens (tertiary/aromatic N) is 3. The molecule has 0 aliphatic heterocycles. The lowest BCUT2D eigenvalue weighted by atomic mass is 9.85. The highest BCUT2D eigenvalue weighted by Crippen LogP contribution is 2.37. The lowest BCUT2D eigenvalue weighted by molar-refractivity contribution is -0.182. The number of hydrogen-bond donors (Lipinski definition) is 1. The van der Waals surface area contributed by atoms with Gasteiger partial charge in [-0.15, -0.1) is 10.2 Å². The van der Waals surface area contributed by atoms with E-state index < -0.39 is 12.1 Å². The molecule has 2 rings (SSSR count). The molecule has 0 spiro atoms. The molecule has 1 fully saturated rings. The van der Waals surface area contributed by atoms with Crippen LogP contribution in [0.1, 0.15) is 44.5 Å². The van der Waals surface area contributed by atoms with Crippen molar-refractivity contribution < 1.29 is 13.2 Å². The van der Waals surface area contributed by atoms with Crippen LogP contribution in [0.25, 0.3) is 0 Å². The average molecular weight is 276 g/mol. The second-order valence-electron chi connectivity index (χ2n) is 5.28. The zero-order valence-corrected chi connectivity index (χ0v) is 11.1. The van der Waals surface area contributed by atoms with Gasteiger partial charge in [-0.25, -0.2) is 0 Å². The molecule has 0 saturated heterocycles. The quantitative estimate of drug-likeness (QED) is 0.922. The number of halogens is 3. The maximum Gasteiger partial charge on any atom is 0.391 e. The van der Waals surface area contributed by atoms with E-state index in [2.05, 4.69) is 15.5 Å². The number of aromatic nitrogens is 3. The van der Waals surface area contributed by atoms with Gasteiger partial charge >= 0.3 is 6.18 Å². The number of hydrogen-bond acceptors (Lipinski definition) is 3. The molecule has 1 heterocycles. The third kappa shape index (κ3) is 3.46. The van der Waals surface area contributed by atoms with Crippen LogP contribution in [0, 0.1) is 5.92 Å². The van der Waals surface area contributed by atoms with Gasteiger partial charge in [0.2, 0.25) is 0 Å². The first kappa shape index (κ1) is 14.3. The topological polar surface area (TPSA) is 42.7 Å². The third-order valence-electron chi connectivity index (χ3n) is 3.81. The fourth-order valence-corrected chi connectivity index (χ4v) is 2.70. The van der Waals surface area contributed by atoms with Crippen molar-refractivity contribution in [2.24, 2.45) is 13.0 Å². The number of rotatable bonds is 3. The summed E-state index contributed by atoms with van der Waals surface area (Å²) in [6, 6.07) is 0.130. The highest BCUT2D eigenvalue weighted by molar-refractivity contribution is 4.94. The van der Waals surface area contributed by atoms with Crippen molar-refractivity contribution >= 4 is 0 Å². The van der Waals surface area contributed by atoms with Gasteiger partial charge in [0.25, 0.3) is 0 Å². The van der Waals surface area contributed by atoms with Crippen LogP contribution >= 0.6 is 0 Å². The standard InChI is InChI=1S/C12H19F3N4/c1-8(11-18-16-7-19(11)2)17-10-5-3-9(4-6-10)12(13,14)15/h7-10,17H,3-6H2,1-2H3. The predicted molar refractivity (Wildman–Crippen MR) is 64.4 cm³/mol. The van der Waals surface area contributed by atoms with Crippen LogP contribution in [0.5, 0.6) is 0 Å². The summed E-state index contributed by atoms with van der Waals surface area (Å²) >= 11 is 0. The highest BCUT2D eigenvalue weighted by Gasteiger charge is 2.41. The van der Waals surface area contributed by atoms with E-state index in [1.165, 1.54) is 0 Å². The predicted octanol–water partition coefficient (Wildman–Crippen LogP) is 2.59. The molecule has 0 amide bonds. The molecule has 19 heavy (non-hydrogen) atoms. The van der Waals surface area contributed by atoms with Crippen LogP contribution in [-0.2, 0) is 7.05 Å². The molecule has 1 aliphatic rings. The Bertz CT molecular complexity index is 407. The SMILES string of the molecule is CC(NC1CCC(C(F)(F)F)CC1)c1nncn1C. The van der Waals surface area contributed by atoms with Crippen LogP contribution in [0.4, 0.5) is 13.2 Å². The Kier molecular flexibility index (Phi) is 4.13. The molecule has 1 aromatic heterocycles. The lowest BCUT2D eigenvalue weighted by Gasteiger charge is -2.31. The number of aryl methyl sites for hydroxylation is 1. The van der Waals surface area contributed by atoms with E-state index >= 15 is 0 Å². The summed E-state index contributed by atoms with van der Waals surface area (Å²) in [5.74, 6) is -0.325. The fraction of sp³-hybridized carbons (Fsp3) is 0.833. The largest absolute Gasteiger partial charge is 0.391 e. The fourth-order valence-electron chi connectivity index (χ4n) is 2.70. The Balaban J connectivity index is 1.85. The zero-order chi connectivity index (χ0) is 14.0. The minimum atomic E-state index is -4.04. The first-order chi connectivity index (χ1) is 8.88. The maximum absolute atomic E-state index is 12.6. The summed E-state index contributed by atoms with van der Waals surface area (Å²) in [6.07, 6.45) is -0.869. The molecule has 1 unspecified atom stereocenters. The Morgan fingerprint density at radius 3 is 2.42 bits per heavy atom. The van der Waals surface area contributed by atoms with Crippen molar-refractivity contribution in [1.29, 1.82) is 0 Å². The summed E-state index contributed by atoms with van der Waals surface area (Å²) < 4.78 is 39.5. The smallest absolute Gasteiger partial charge is 0.319 e. The molecule has 7 heteroatoms. The van der Waals surface area contributed by atoms with Gasteiger partial charge < -0.3 is 9.88 Å². The van der Waals surface area contributed by atoms with E-state index in [1.54, 1.807) is 6.33 Å². The van der Waals surface area contributed by atoms with E-state index in [4.69, 9.17) is 0 Å². The molecular weight excluding hydrogens is 257 g/mol. The van der Waals surface area contributed by atoms with Gasteiger partial charge in [0, 0.05) is 13.1 Å². The minimum absolute atomic E-state index is 0.0000586. The van der Waals surface area contributed by atoms with Crippen molar-refractivity contribution in [3.8, 4) is 0 Å². The molecule has 1 atom stereocenters. The monoisotopic (exact) mass is 276 g/mol. The summed E-state index contributed by atoms with van der Waals surface area (Å²) in [6.45, 7) is 1.96. The van der Waals surface area contributed by atoms with Crippen molar-refractivity contribution in [2.45, 2.75) is 50.9 Å².